The molecule has 1 aliphatic rings. The molecule has 1 unspecified atom stereocenters. The van der Waals surface area contributed by atoms with Gasteiger partial charge in [-0.25, -0.2) is 19.6 Å². The van der Waals surface area contributed by atoms with E-state index in [4.69, 9.17) is 46.6 Å². The Labute approximate surface area is 268 Å². The number of fused-ring (bicyclic) bond motifs is 1. The summed E-state index contributed by atoms with van der Waals surface area (Å²) in [6.07, 6.45) is -8.01. The number of ether oxygens (including phenoxy) is 2. The molecule has 2 aromatic carbocycles. The van der Waals surface area contributed by atoms with Crippen LogP contribution in [0.4, 0.5) is 38.0 Å². The van der Waals surface area contributed by atoms with Crippen molar-refractivity contribution in [2.75, 3.05) is 44.9 Å². The van der Waals surface area contributed by atoms with Crippen LogP contribution >= 0.6 is 11.6 Å². The number of nitrogens with two attached hydrogens (primary N) is 1. The van der Waals surface area contributed by atoms with E-state index in [2.05, 4.69) is 15.3 Å². The fraction of sp³-hybridized carbons (Fsp3) is 0.321. The molecule has 0 spiro atoms. The highest BCUT2D eigenvalue weighted by molar-refractivity contribution is 6.30. The maximum atomic E-state index is 13.1. The van der Waals surface area contributed by atoms with Gasteiger partial charge in [-0.1, -0.05) is 17.7 Å². The number of likely N-dealkylation sites (N-methyl/N-ethyl adjacent to an activating group) is 1. The van der Waals surface area contributed by atoms with Crippen LogP contribution in [-0.4, -0.2) is 89.1 Å². The van der Waals surface area contributed by atoms with Crippen molar-refractivity contribution >= 4 is 41.1 Å². The van der Waals surface area contributed by atoms with E-state index in [0.717, 1.165) is 23.4 Å². The first-order valence-corrected chi connectivity index (χ1v) is 13.5. The van der Waals surface area contributed by atoms with E-state index in [9.17, 15) is 31.1 Å². The van der Waals surface area contributed by atoms with Gasteiger partial charge in [-0.2, -0.15) is 26.3 Å². The monoisotopic (exact) mass is 695 g/mol. The summed E-state index contributed by atoms with van der Waals surface area (Å²) in [5.41, 5.74) is 8.73. The number of aromatic nitrogens is 2. The van der Waals surface area contributed by atoms with Crippen LogP contribution in [-0.2, 0) is 20.8 Å². The number of rotatable bonds is 7. The maximum absolute atomic E-state index is 13.1. The Kier molecular flexibility index (Phi) is 13.6. The first-order valence-electron chi connectivity index (χ1n) is 13.1. The Morgan fingerprint density at radius 1 is 1.04 bits per heavy atom. The Bertz CT molecular complexity index is 1530. The molecule has 1 atom stereocenters. The zero-order valence-corrected chi connectivity index (χ0v) is 25.3. The quantitative estimate of drug-likeness (QED) is 0.250. The molecule has 0 bridgehead atoms. The molecule has 1 aromatic heterocycles. The molecule has 256 valence electrons. The number of carboxylic acids is 2. The molecule has 0 saturated heterocycles. The Morgan fingerprint density at radius 3 is 2.21 bits per heavy atom. The van der Waals surface area contributed by atoms with Crippen molar-refractivity contribution in [1.82, 2.24) is 14.9 Å². The molecular weight excluding hydrogens is 668 g/mol. The summed E-state index contributed by atoms with van der Waals surface area (Å²) in [4.78, 5) is 41.1. The van der Waals surface area contributed by atoms with Crippen molar-refractivity contribution in [3.05, 3.63) is 59.2 Å². The third-order valence-electron chi connectivity index (χ3n) is 5.79. The molecule has 5 N–H and O–H groups in total. The predicted octanol–water partition coefficient (Wildman–Crippen LogP) is 4.78. The topological polar surface area (TPSA) is 177 Å². The van der Waals surface area contributed by atoms with E-state index in [0.29, 0.717) is 41.8 Å². The summed E-state index contributed by atoms with van der Waals surface area (Å²) in [6.45, 7) is 1.49. The van der Waals surface area contributed by atoms with Gasteiger partial charge in [-0.05, 0) is 62.5 Å². The summed E-state index contributed by atoms with van der Waals surface area (Å²) in [5.74, 6) is -4.48. The van der Waals surface area contributed by atoms with Gasteiger partial charge in [0.05, 0.1) is 17.3 Å². The van der Waals surface area contributed by atoms with Crippen LogP contribution in [0.3, 0.4) is 0 Å². The molecule has 4 rings (SSSR count). The standard InChI is InChI=1S/C24H26ClN5O3.2C2HF3O2/c1-30(2)9-10-32-22-13-15(19-7-8-27-24(26)29-19)3-5-20(22)28-23(31)17-11-16-12-18(25)4-6-21(16)33-14-17;2*3-2(4,5)1(6)7/h3-8,12-13,17H,9-11,14H2,1-2H3,(H,28,31)(H2,26,27,29);2*(H,6,7). The lowest BCUT2D eigenvalue weighted by Crippen LogP contribution is -2.32. The van der Waals surface area contributed by atoms with Crippen LogP contribution in [0.1, 0.15) is 5.56 Å². The van der Waals surface area contributed by atoms with Gasteiger partial charge in [0.15, 0.2) is 0 Å². The highest BCUT2D eigenvalue weighted by atomic mass is 35.5. The highest BCUT2D eigenvalue weighted by Crippen LogP contribution is 2.33. The molecule has 2 heterocycles. The fourth-order valence-corrected chi connectivity index (χ4v) is 3.74. The van der Waals surface area contributed by atoms with Crippen LogP contribution in [0.5, 0.6) is 11.5 Å². The summed E-state index contributed by atoms with van der Waals surface area (Å²) in [6, 6.07) is 12.8. The smallest absolute Gasteiger partial charge is 0.490 e. The van der Waals surface area contributed by atoms with Gasteiger partial charge in [0, 0.05) is 23.3 Å². The second-order valence-corrected chi connectivity index (χ2v) is 10.2. The minimum absolute atomic E-state index is 0.142. The van der Waals surface area contributed by atoms with E-state index in [-0.39, 0.29) is 17.8 Å². The molecule has 0 fully saturated rings. The number of nitrogens with one attached hydrogen (secondary N) is 1. The lowest BCUT2D eigenvalue weighted by Gasteiger charge is -2.25. The van der Waals surface area contributed by atoms with Crippen LogP contribution < -0.4 is 20.5 Å². The second kappa shape index (κ2) is 16.6. The number of amides is 1. The van der Waals surface area contributed by atoms with Crippen molar-refractivity contribution < 1.29 is 60.4 Å². The predicted molar refractivity (Wildman–Crippen MR) is 156 cm³/mol. The van der Waals surface area contributed by atoms with Crippen molar-refractivity contribution in [3.8, 4) is 22.8 Å². The molecule has 0 aliphatic carbocycles. The molecule has 19 heteroatoms. The van der Waals surface area contributed by atoms with E-state index < -0.39 is 24.3 Å². The average molecular weight is 696 g/mol. The number of carboxylic acid groups (broad SMARTS) is 2. The van der Waals surface area contributed by atoms with E-state index in [1.165, 1.54) is 0 Å². The van der Waals surface area contributed by atoms with Gasteiger partial charge < -0.3 is 35.6 Å². The number of carbonyl (C=O) groups excluding carboxylic acids is 1. The molecule has 3 aromatic rings. The van der Waals surface area contributed by atoms with Gasteiger partial charge in [0.1, 0.15) is 24.7 Å². The largest absolute Gasteiger partial charge is 0.492 e. The van der Waals surface area contributed by atoms with Gasteiger partial charge >= 0.3 is 24.3 Å². The average Bonchev–Trinajstić information content (AvgIpc) is 2.97. The van der Waals surface area contributed by atoms with Gasteiger partial charge in [0.2, 0.25) is 11.9 Å². The van der Waals surface area contributed by atoms with Crippen LogP contribution in [0.25, 0.3) is 11.3 Å². The fourth-order valence-electron chi connectivity index (χ4n) is 3.54. The molecular formula is C28H28ClF6N5O7. The van der Waals surface area contributed by atoms with Gasteiger partial charge in [-0.3, -0.25) is 4.79 Å². The minimum Gasteiger partial charge on any atom is -0.492 e. The third-order valence-corrected chi connectivity index (χ3v) is 6.03. The Hall–Kier alpha value is -4.84. The van der Waals surface area contributed by atoms with Crippen molar-refractivity contribution in [1.29, 1.82) is 0 Å². The lowest BCUT2D eigenvalue weighted by atomic mass is 9.96. The van der Waals surface area contributed by atoms with Crippen molar-refractivity contribution in [2.45, 2.75) is 18.8 Å². The summed E-state index contributed by atoms with van der Waals surface area (Å²) in [5, 5.41) is 17.9. The number of halogens is 7. The molecule has 1 aliphatic heterocycles. The van der Waals surface area contributed by atoms with E-state index >= 15 is 0 Å². The Balaban J connectivity index is 0.000000459. The number of hydrogen-bond acceptors (Lipinski definition) is 9. The summed E-state index contributed by atoms with van der Waals surface area (Å²) in [7, 11) is 3.94. The number of nitrogen functional groups attached to an aromatic ring is 1. The first kappa shape index (κ1) is 38.3. The Morgan fingerprint density at radius 2 is 1.66 bits per heavy atom. The number of anilines is 2. The third kappa shape index (κ3) is 12.8. The number of alkyl halides is 6. The van der Waals surface area contributed by atoms with E-state index in [1.54, 1.807) is 18.3 Å². The molecule has 1 amide bonds. The number of carbonyl (C=O) groups is 3. The van der Waals surface area contributed by atoms with Crippen molar-refractivity contribution in [3.63, 3.8) is 0 Å². The molecule has 0 saturated carbocycles. The maximum Gasteiger partial charge on any atom is 0.490 e. The SMILES string of the molecule is CN(C)CCOc1cc(-c2ccnc(N)n2)ccc1NC(=O)C1COc2ccc(Cl)cc2C1.O=C(O)C(F)(F)F.O=C(O)C(F)(F)F. The first-order chi connectivity index (χ1) is 21.8. The van der Waals surface area contributed by atoms with Crippen LogP contribution in [0.2, 0.25) is 5.02 Å². The minimum atomic E-state index is -5.08. The number of hydrogen-bond donors (Lipinski definition) is 4. The molecule has 0 radical (unpaired) electrons. The number of nitrogens with zero attached hydrogens (tertiary/aromatic N) is 3. The zero-order valence-electron chi connectivity index (χ0n) is 24.5. The summed E-state index contributed by atoms with van der Waals surface area (Å²) < 4.78 is 75.3. The van der Waals surface area contributed by atoms with Crippen LogP contribution in [0, 0.1) is 5.92 Å². The van der Waals surface area contributed by atoms with E-state index in [1.807, 2.05) is 49.3 Å². The lowest BCUT2D eigenvalue weighted by molar-refractivity contribution is -0.193. The van der Waals surface area contributed by atoms with Crippen LogP contribution in [0.15, 0.2) is 48.7 Å². The van der Waals surface area contributed by atoms with Gasteiger partial charge in [-0.15, -0.1) is 0 Å². The summed E-state index contributed by atoms with van der Waals surface area (Å²) >= 11 is 6.11. The number of benzene rings is 2. The molecule has 47 heavy (non-hydrogen) atoms. The second-order valence-electron chi connectivity index (χ2n) is 9.72. The zero-order chi connectivity index (χ0) is 35.5. The normalized spacial score (nSPS) is 13.9. The molecule has 12 nitrogen and oxygen atoms in total. The van der Waals surface area contributed by atoms with Crippen molar-refractivity contribution in [2.24, 2.45) is 5.92 Å². The van der Waals surface area contributed by atoms with Gasteiger partial charge in [0.25, 0.3) is 0 Å². The number of aliphatic carboxylic acids is 2. The highest BCUT2D eigenvalue weighted by Gasteiger charge is 2.39.